The van der Waals surface area contributed by atoms with Crippen molar-refractivity contribution in [2.75, 3.05) is 20.3 Å². The van der Waals surface area contributed by atoms with Crippen LogP contribution in [-0.2, 0) is 19.1 Å². The second-order valence-corrected chi connectivity index (χ2v) is 4.33. The third kappa shape index (κ3) is 6.72. The van der Waals surface area contributed by atoms with Gasteiger partial charge in [0.2, 0.25) is 5.91 Å². The van der Waals surface area contributed by atoms with E-state index in [4.69, 9.17) is 9.47 Å². The predicted octanol–water partition coefficient (Wildman–Crippen LogP) is 1.78. The molecule has 0 bridgehead atoms. The maximum absolute atomic E-state index is 11.7. The van der Waals surface area contributed by atoms with E-state index in [0.29, 0.717) is 13.0 Å². The van der Waals surface area contributed by atoms with Crippen LogP contribution in [0.15, 0.2) is 36.4 Å². The number of esters is 1. The van der Waals surface area contributed by atoms with E-state index in [1.807, 2.05) is 42.5 Å². The minimum atomic E-state index is -0.706. The molecule has 1 N–H and O–H groups in total. The van der Waals surface area contributed by atoms with Gasteiger partial charge in [-0.25, -0.2) is 4.79 Å². The van der Waals surface area contributed by atoms with E-state index >= 15 is 0 Å². The van der Waals surface area contributed by atoms with Gasteiger partial charge in [-0.15, -0.1) is 0 Å². The first kappa shape index (κ1) is 16.9. The van der Waals surface area contributed by atoms with Gasteiger partial charge in [0.25, 0.3) is 0 Å². The van der Waals surface area contributed by atoms with Gasteiger partial charge >= 0.3 is 5.97 Å². The van der Waals surface area contributed by atoms with Gasteiger partial charge in [0, 0.05) is 6.61 Å². The van der Waals surface area contributed by atoms with Crippen molar-refractivity contribution in [1.82, 2.24) is 5.32 Å². The highest BCUT2D eigenvalue weighted by Crippen LogP contribution is 2.04. The number of amides is 1. The molecule has 0 unspecified atom stereocenters. The summed E-state index contributed by atoms with van der Waals surface area (Å²) in [6, 6.07) is 9.00. The lowest BCUT2D eigenvalue weighted by Crippen LogP contribution is -2.42. The van der Waals surface area contributed by atoms with Gasteiger partial charge in [0.15, 0.2) is 0 Å². The van der Waals surface area contributed by atoms with Gasteiger partial charge in [-0.2, -0.15) is 0 Å². The Hall–Kier alpha value is -2.14. The summed E-state index contributed by atoms with van der Waals surface area (Å²) in [5.74, 6) is -0.807. The van der Waals surface area contributed by atoms with Gasteiger partial charge in [-0.3, -0.25) is 4.79 Å². The maximum atomic E-state index is 11.7. The normalized spacial score (nSPS) is 12.1. The summed E-state index contributed by atoms with van der Waals surface area (Å²) in [4.78, 5) is 23.2. The molecular weight excluding hydrogens is 270 g/mol. The van der Waals surface area contributed by atoms with Crippen LogP contribution in [0.25, 0.3) is 6.08 Å². The molecule has 1 amide bonds. The Kier molecular flexibility index (Phi) is 7.82. The molecule has 0 fully saturated rings. The van der Waals surface area contributed by atoms with Crippen LogP contribution in [0.3, 0.4) is 0 Å². The number of nitrogens with one attached hydrogen (secondary N) is 1. The van der Waals surface area contributed by atoms with Crippen LogP contribution in [0.2, 0.25) is 0 Å². The van der Waals surface area contributed by atoms with E-state index in [1.165, 1.54) is 7.11 Å². The zero-order chi connectivity index (χ0) is 15.5. The van der Waals surface area contributed by atoms with E-state index < -0.39 is 12.0 Å². The predicted molar refractivity (Wildman–Crippen MR) is 80.5 cm³/mol. The fraction of sp³-hybridized carbons (Fsp3) is 0.375. The Bertz CT molecular complexity index is 470. The van der Waals surface area contributed by atoms with E-state index in [-0.39, 0.29) is 12.5 Å². The Balaban J connectivity index is 2.56. The Labute approximate surface area is 124 Å². The molecule has 1 aromatic carbocycles. The van der Waals surface area contributed by atoms with Crippen LogP contribution >= 0.6 is 0 Å². The van der Waals surface area contributed by atoms with Crippen molar-refractivity contribution in [1.29, 1.82) is 0 Å². The van der Waals surface area contributed by atoms with Crippen molar-refractivity contribution in [2.45, 2.75) is 19.4 Å². The third-order valence-electron chi connectivity index (χ3n) is 2.74. The second kappa shape index (κ2) is 9.72. The molecule has 21 heavy (non-hydrogen) atoms. The SMILES string of the molecule is CCOCC(=O)N[C@@H](C/C=C/c1ccccc1)C(=O)OC. The topological polar surface area (TPSA) is 64.6 Å². The molecule has 0 spiro atoms. The second-order valence-electron chi connectivity index (χ2n) is 4.33. The summed E-state index contributed by atoms with van der Waals surface area (Å²) in [6.07, 6.45) is 4.09. The van der Waals surface area contributed by atoms with Gasteiger partial charge in [0.1, 0.15) is 12.6 Å². The lowest BCUT2D eigenvalue weighted by atomic mass is 10.1. The zero-order valence-corrected chi connectivity index (χ0v) is 12.4. The van der Waals surface area contributed by atoms with Crippen LogP contribution in [0.1, 0.15) is 18.9 Å². The maximum Gasteiger partial charge on any atom is 0.328 e. The molecule has 5 nitrogen and oxygen atoms in total. The summed E-state index contributed by atoms with van der Waals surface area (Å²) >= 11 is 0. The first-order chi connectivity index (χ1) is 10.2. The highest BCUT2D eigenvalue weighted by molar-refractivity contribution is 5.85. The van der Waals surface area contributed by atoms with Crippen LogP contribution in [0.5, 0.6) is 0 Å². The molecular formula is C16H21NO4. The largest absolute Gasteiger partial charge is 0.467 e. The van der Waals surface area contributed by atoms with Crippen molar-refractivity contribution in [2.24, 2.45) is 0 Å². The van der Waals surface area contributed by atoms with Crippen molar-refractivity contribution in [3.63, 3.8) is 0 Å². The number of hydrogen-bond donors (Lipinski definition) is 1. The van der Waals surface area contributed by atoms with E-state index in [1.54, 1.807) is 6.92 Å². The summed E-state index contributed by atoms with van der Waals surface area (Å²) in [5, 5.41) is 2.60. The van der Waals surface area contributed by atoms with Crippen molar-refractivity contribution in [3.8, 4) is 0 Å². The molecule has 5 heteroatoms. The molecule has 0 aliphatic carbocycles. The lowest BCUT2D eigenvalue weighted by Gasteiger charge is -2.14. The molecule has 114 valence electrons. The minimum absolute atomic E-state index is 0.0631. The minimum Gasteiger partial charge on any atom is -0.467 e. The molecule has 0 aliphatic heterocycles. The zero-order valence-electron chi connectivity index (χ0n) is 12.4. The number of carbonyl (C=O) groups is 2. The molecule has 0 saturated heterocycles. The van der Waals surface area contributed by atoms with Crippen LogP contribution in [0, 0.1) is 0 Å². The number of carbonyl (C=O) groups excluding carboxylic acids is 2. The molecule has 1 aromatic rings. The average Bonchev–Trinajstić information content (AvgIpc) is 2.52. The van der Waals surface area contributed by atoms with Crippen LogP contribution < -0.4 is 5.32 Å². The molecule has 0 radical (unpaired) electrons. The molecule has 1 atom stereocenters. The van der Waals surface area contributed by atoms with Crippen molar-refractivity contribution in [3.05, 3.63) is 42.0 Å². The number of ether oxygens (including phenoxy) is 2. The van der Waals surface area contributed by atoms with Gasteiger partial charge < -0.3 is 14.8 Å². The van der Waals surface area contributed by atoms with E-state index in [9.17, 15) is 9.59 Å². The molecule has 0 heterocycles. The molecule has 0 aromatic heterocycles. The van der Waals surface area contributed by atoms with Crippen molar-refractivity contribution >= 4 is 18.0 Å². The summed E-state index contributed by atoms with van der Waals surface area (Å²) < 4.78 is 9.69. The standard InChI is InChI=1S/C16H21NO4/c1-3-21-12-15(18)17-14(16(19)20-2)11-7-10-13-8-5-4-6-9-13/h4-10,14H,3,11-12H2,1-2H3,(H,17,18)/b10-7+/t14-/m0/s1. The fourth-order valence-corrected chi connectivity index (χ4v) is 1.69. The van der Waals surface area contributed by atoms with Gasteiger partial charge in [-0.1, -0.05) is 42.5 Å². The van der Waals surface area contributed by atoms with Crippen LogP contribution in [0.4, 0.5) is 0 Å². The number of rotatable bonds is 8. The van der Waals surface area contributed by atoms with Gasteiger partial charge in [-0.05, 0) is 18.9 Å². The van der Waals surface area contributed by atoms with E-state index in [2.05, 4.69) is 5.32 Å². The number of methoxy groups -OCH3 is 1. The summed E-state index contributed by atoms with van der Waals surface area (Å²) in [5.41, 5.74) is 1.03. The number of hydrogen-bond acceptors (Lipinski definition) is 4. The first-order valence-corrected chi connectivity index (χ1v) is 6.84. The Morgan fingerprint density at radius 2 is 2.00 bits per heavy atom. The average molecular weight is 291 g/mol. The Morgan fingerprint density at radius 1 is 1.29 bits per heavy atom. The van der Waals surface area contributed by atoms with Crippen molar-refractivity contribution < 1.29 is 19.1 Å². The smallest absolute Gasteiger partial charge is 0.328 e. The first-order valence-electron chi connectivity index (χ1n) is 6.84. The summed E-state index contributed by atoms with van der Waals surface area (Å²) in [7, 11) is 1.30. The molecule has 0 aliphatic rings. The van der Waals surface area contributed by atoms with E-state index in [0.717, 1.165) is 5.56 Å². The number of benzene rings is 1. The highest BCUT2D eigenvalue weighted by Gasteiger charge is 2.19. The summed E-state index contributed by atoms with van der Waals surface area (Å²) in [6.45, 7) is 2.18. The monoisotopic (exact) mass is 291 g/mol. The van der Waals surface area contributed by atoms with Gasteiger partial charge in [0.05, 0.1) is 7.11 Å². The quantitative estimate of drug-likeness (QED) is 0.742. The lowest BCUT2D eigenvalue weighted by molar-refractivity contribution is -0.145. The molecule has 0 saturated carbocycles. The third-order valence-corrected chi connectivity index (χ3v) is 2.74. The molecule has 1 rings (SSSR count). The fourth-order valence-electron chi connectivity index (χ4n) is 1.69. The van der Waals surface area contributed by atoms with Crippen LogP contribution in [-0.4, -0.2) is 38.2 Å². The Morgan fingerprint density at radius 3 is 2.62 bits per heavy atom. The highest BCUT2D eigenvalue weighted by atomic mass is 16.5.